The Hall–Kier alpha value is -1.65. The molecule has 4 nitrogen and oxygen atoms in total. The molecule has 0 atom stereocenters. The van der Waals surface area contributed by atoms with E-state index < -0.39 is 0 Å². The van der Waals surface area contributed by atoms with Crippen LogP contribution in [0.2, 0.25) is 5.02 Å². The highest BCUT2D eigenvalue weighted by molar-refractivity contribution is 6.30. The van der Waals surface area contributed by atoms with Gasteiger partial charge in [-0.25, -0.2) is 9.97 Å². The maximum Gasteiger partial charge on any atom is 0.227 e. The van der Waals surface area contributed by atoms with Gasteiger partial charge in [0.1, 0.15) is 0 Å². The van der Waals surface area contributed by atoms with Crippen molar-refractivity contribution in [2.75, 3.05) is 11.9 Å². The van der Waals surface area contributed by atoms with Gasteiger partial charge in [-0.1, -0.05) is 17.7 Å². The lowest BCUT2D eigenvalue weighted by molar-refractivity contribution is 0.627. The van der Waals surface area contributed by atoms with E-state index in [0.717, 1.165) is 30.9 Å². The van der Waals surface area contributed by atoms with Gasteiger partial charge >= 0.3 is 0 Å². The van der Waals surface area contributed by atoms with Crippen LogP contribution in [-0.2, 0) is 13.0 Å². The van der Waals surface area contributed by atoms with Crippen LogP contribution in [0.3, 0.4) is 0 Å². The van der Waals surface area contributed by atoms with Crippen molar-refractivity contribution in [1.82, 2.24) is 15.3 Å². The van der Waals surface area contributed by atoms with Crippen molar-refractivity contribution in [3.05, 3.63) is 46.7 Å². The van der Waals surface area contributed by atoms with Crippen LogP contribution in [0.25, 0.3) is 0 Å². The zero-order chi connectivity index (χ0) is 12.4. The van der Waals surface area contributed by atoms with Gasteiger partial charge in [-0.2, -0.15) is 0 Å². The number of aromatic nitrogens is 2. The Morgan fingerprint density at radius 2 is 2.28 bits per heavy atom. The molecule has 5 heteroatoms. The Kier molecular flexibility index (Phi) is 3.13. The average molecular weight is 261 g/mol. The van der Waals surface area contributed by atoms with E-state index in [0.29, 0.717) is 11.0 Å². The topological polar surface area (TPSA) is 49.8 Å². The summed E-state index contributed by atoms with van der Waals surface area (Å²) in [6, 6.07) is 7.53. The van der Waals surface area contributed by atoms with Crippen molar-refractivity contribution >= 4 is 23.2 Å². The molecule has 0 radical (unpaired) electrons. The van der Waals surface area contributed by atoms with Crippen molar-refractivity contribution in [2.45, 2.75) is 13.0 Å². The highest BCUT2D eigenvalue weighted by atomic mass is 35.5. The fourth-order valence-corrected chi connectivity index (χ4v) is 2.18. The molecule has 0 spiro atoms. The number of halogens is 1. The van der Waals surface area contributed by atoms with Crippen LogP contribution in [0, 0.1) is 0 Å². The van der Waals surface area contributed by atoms with Crippen molar-refractivity contribution in [2.24, 2.45) is 0 Å². The van der Waals surface area contributed by atoms with Crippen LogP contribution in [0.5, 0.6) is 0 Å². The molecule has 2 N–H and O–H groups in total. The van der Waals surface area contributed by atoms with Gasteiger partial charge in [0, 0.05) is 42.0 Å². The van der Waals surface area contributed by atoms with Gasteiger partial charge in [-0.05, 0) is 18.2 Å². The van der Waals surface area contributed by atoms with Gasteiger partial charge < -0.3 is 10.6 Å². The monoisotopic (exact) mass is 260 g/mol. The summed E-state index contributed by atoms with van der Waals surface area (Å²) in [4.78, 5) is 8.84. The maximum absolute atomic E-state index is 5.94. The molecule has 18 heavy (non-hydrogen) atoms. The molecule has 0 fully saturated rings. The molecule has 1 aliphatic rings. The highest BCUT2D eigenvalue weighted by Gasteiger charge is 2.11. The number of hydrogen-bond acceptors (Lipinski definition) is 4. The predicted molar refractivity (Wildman–Crippen MR) is 72.2 cm³/mol. The van der Waals surface area contributed by atoms with Gasteiger partial charge in [0.15, 0.2) is 0 Å². The standard InChI is InChI=1S/C13H13ClN4/c14-10-2-1-3-11(6-10)17-13-16-8-9-7-15-5-4-12(9)18-13/h1-3,6,8,15H,4-5,7H2,(H,16,17,18). The molecule has 0 amide bonds. The van der Waals surface area contributed by atoms with Gasteiger partial charge in [-0.15, -0.1) is 0 Å². The highest BCUT2D eigenvalue weighted by Crippen LogP contribution is 2.19. The number of hydrogen-bond donors (Lipinski definition) is 2. The van der Waals surface area contributed by atoms with Gasteiger partial charge in [0.2, 0.25) is 5.95 Å². The smallest absolute Gasteiger partial charge is 0.227 e. The van der Waals surface area contributed by atoms with Crippen molar-refractivity contribution in [1.29, 1.82) is 0 Å². The first kappa shape index (κ1) is 11.4. The Morgan fingerprint density at radius 3 is 3.17 bits per heavy atom. The van der Waals surface area contributed by atoms with Crippen molar-refractivity contribution in [3.63, 3.8) is 0 Å². The van der Waals surface area contributed by atoms with Gasteiger partial charge in [-0.3, -0.25) is 0 Å². The number of rotatable bonds is 2. The molecular weight excluding hydrogens is 248 g/mol. The third kappa shape index (κ3) is 2.44. The van der Waals surface area contributed by atoms with E-state index in [1.54, 1.807) is 0 Å². The molecule has 0 aliphatic carbocycles. The van der Waals surface area contributed by atoms with E-state index in [4.69, 9.17) is 11.6 Å². The largest absolute Gasteiger partial charge is 0.324 e. The quantitative estimate of drug-likeness (QED) is 0.871. The van der Waals surface area contributed by atoms with Crippen LogP contribution in [0.4, 0.5) is 11.6 Å². The van der Waals surface area contributed by atoms with Gasteiger partial charge in [0.25, 0.3) is 0 Å². The van der Waals surface area contributed by atoms with E-state index in [-0.39, 0.29) is 0 Å². The Labute approximate surface area is 110 Å². The minimum absolute atomic E-state index is 0.623. The molecule has 0 saturated carbocycles. The number of nitrogens with one attached hydrogen (secondary N) is 2. The second-order valence-electron chi connectivity index (χ2n) is 4.23. The van der Waals surface area contributed by atoms with E-state index in [9.17, 15) is 0 Å². The Bertz CT molecular complexity index is 571. The summed E-state index contributed by atoms with van der Waals surface area (Å²) in [6.45, 7) is 1.83. The van der Waals surface area contributed by atoms with Crippen LogP contribution >= 0.6 is 11.6 Å². The number of benzene rings is 1. The Morgan fingerprint density at radius 1 is 1.33 bits per heavy atom. The Balaban J connectivity index is 1.85. The maximum atomic E-state index is 5.94. The first-order valence-corrected chi connectivity index (χ1v) is 6.27. The summed E-state index contributed by atoms with van der Waals surface area (Å²) in [6.07, 6.45) is 2.82. The molecule has 1 aromatic carbocycles. The fraction of sp³-hybridized carbons (Fsp3) is 0.231. The van der Waals surface area contributed by atoms with E-state index >= 15 is 0 Å². The number of anilines is 2. The lowest BCUT2D eigenvalue weighted by Crippen LogP contribution is -2.25. The molecule has 2 heterocycles. The van der Waals surface area contributed by atoms with Crippen molar-refractivity contribution in [3.8, 4) is 0 Å². The first-order valence-electron chi connectivity index (χ1n) is 5.89. The first-order chi connectivity index (χ1) is 8.81. The summed E-state index contributed by atoms with van der Waals surface area (Å²) in [5, 5.41) is 7.16. The fourth-order valence-electron chi connectivity index (χ4n) is 1.99. The molecule has 1 aliphatic heterocycles. The summed E-state index contributed by atoms with van der Waals surface area (Å²) < 4.78 is 0. The SMILES string of the molecule is Clc1cccc(Nc2ncc3c(n2)CCNC3)c1. The summed E-state index contributed by atoms with van der Waals surface area (Å²) in [5.74, 6) is 0.623. The van der Waals surface area contributed by atoms with E-state index in [1.807, 2.05) is 30.5 Å². The summed E-state index contributed by atoms with van der Waals surface area (Å²) in [5.41, 5.74) is 3.20. The summed E-state index contributed by atoms with van der Waals surface area (Å²) >= 11 is 5.94. The minimum Gasteiger partial charge on any atom is -0.324 e. The molecule has 1 aromatic heterocycles. The minimum atomic E-state index is 0.623. The molecule has 2 aromatic rings. The summed E-state index contributed by atoms with van der Waals surface area (Å²) in [7, 11) is 0. The lowest BCUT2D eigenvalue weighted by atomic mass is 10.1. The normalized spacial score (nSPS) is 14.1. The molecular formula is C13H13ClN4. The second kappa shape index (κ2) is 4.92. The van der Waals surface area contributed by atoms with E-state index in [1.165, 1.54) is 5.56 Å². The van der Waals surface area contributed by atoms with Crippen LogP contribution < -0.4 is 10.6 Å². The lowest BCUT2D eigenvalue weighted by Gasteiger charge is -2.16. The third-order valence-electron chi connectivity index (χ3n) is 2.89. The van der Waals surface area contributed by atoms with Crippen LogP contribution in [0.1, 0.15) is 11.3 Å². The molecule has 92 valence electrons. The van der Waals surface area contributed by atoms with Crippen LogP contribution in [0.15, 0.2) is 30.5 Å². The molecule has 0 saturated heterocycles. The molecule has 0 unspecified atom stereocenters. The number of fused-ring (bicyclic) bond motifs is 1. The number of nitrogens with zero attached hydrogens (tertiary/aromatic N) is 2. The molecule has 3 rings (SSSR count). The van der Waals surface area contributed by atoms with Crippen molar-refractivity contribution < 1.29 is 0 Å². The van der Waals surface area contributed by atoms with Crippen LogP contribution in [-0.4, -0.2) is 16.5 Å². The second-order valence-corrected chi connectivity index (χ2v) is 4.66. The van der Waals surface area contributed by atoms with Gasteiger partial charge in [0.05, 0.1) is 5.69 Å². The molecule has 0 bridgehead atoms. The third-order valence-corrected chi connectivity index (χ3v) is 3.12. The zero-order valence-electron chi connectivity index (χ0n) is 9.78. The average Bonchev–Trinajstić information content (AvgIpc) is 2.39. The van der Waals surface area contributed by atoms with E-state index in [2.05, 4.69) is 20.6 Å². The zero-order valence-corrected chi connectivity index (χ0v) is 10.5. The predicted octanol–water partition coefficient (Wildman–Crippen LogP) is 2.52.